The van der Waals surface area contributed by atoms with E-state index in [2.05, 4.69) is 10.6 Å². The molecule has 0 aromatic heterocycles. The number of carbonyl (C=O) groups excluding carboxylic acids is 2. The molecule has 0 aliphatic carbocycles. The summed E-state index contributed by atoms with van der Waals surface area (Å²) in [5, 5.41) is 14.6. The Bertz CT molecular complexity index is 474. The summed E-state index contributed by atoms with van der Waals surface area (Å²) in [4.78, 5) is 23.2. The maximum absolute atomic E-state index is 11.8. The third-order valence-corrected chi connectivity index (χ3v) is 3.02. The Balaban J connectivity index is 2.21. The maximum Gasteiger partial charge on any atom is 0.260 e. The number of carbonyl (C=O) groups is 2. The van der Waals surface area contributed by atoms with Gasteiger partial charge in [0.25, 0.3) is 5.91 Å². The molecular weight excluding hydrogens is 284 g/mol. The van der Waals surface area contributed by atoms with Gasteiger partial charge < -0.3 is 20.5 Å². The molecule has 1 atom stereocenters. The van der Waals surface area contributed by atoms with Crippen molar-refractivity contribution in [3.63, 3.8) is 0 Å². The smallest absolute Gasteiger partial charge is 0.260 e. The first-order chi connectivity index (χ1) is 10.5. The van der Waals surface area contributed by atoms with Crippen LogP contribution in [-0.4, -0.2) is 36.1 Å². The lowest BCUT2D eigenvalue weighted by atomic mass is 10.2. The zero-order valence-corrected chi connectivity index (χ0v) is 13.1. The molecule has 1 rings (SSSR count). The number of benzene rings is 1. The molecule has 22 heavy (non-hydrogen) atoms. The maximum atomic E-state index is 11.8. The number of aromatic hydroxyl groups is 1. The molecule has 0 aliphatic rings. The van der Waals surface area contributed by atoms with Gasteiger partial charge in [-0.15, -0.1) is 0 Å². The molecule has 1 aromatic rings. The lowest BCUT2D eigenvalue weighted by Crippen LogP contribution is -2.40. The molecule has 6 nitrogen and oxygen atoms in total. The number of nitrogens with one attached hydrogen (secondary N) is 2. The molecule has 0 heterocycles. The van der Waals surface area contributed by atoms with Gasteiger partial charge in [-0.25, -0.2) is 0 Å². The molecule has 0 saturated heterocycles. The van der Waals surface area contributed by atoms with Gasteiger partial charge in [-0.05, 0) is 37.6 Å². The highest BCUT2D eigenvalue weighted by Crippen LogP contribution is 2.17. The normalized spacial score (nSPS) is 11.5. The van der Waals surface area contributed by atoms with Crippen LogP contribution in [0.15, 0.2) is 24.3 Å². The van der Waals surface area contributed by atoms with Crippen molar-refractivity contribution in [2.24, 2.45) is 0 Å². The minimum Gasteiger partial charge on any atom is -0.508 e. The van der Waals surface area contributed by atoms with Gasteiger partial charge in [0.2, 0.25) is 5.91 Å². The fourth-order valence-electron chi connectivity index (χ4n) is 1.74. The first-order valence-electron chi connectivity index (χ1n) is 7.53. The number of hydrogen-bond acceptors (Lipinski definition) is 4. The summed E-state index contributed by atoms with van der Waals surface area (Å²) in [5.74, 6) is 0.400. The Morgan fingerprint density at radius 2 is 1.82 bits per heavy atom. The predicted octanol–water partition coefficient (Wildman–Crippen LogP) is 1.58. The minimum atomic E-state index is -0.652. The molecular formula is C16H24N2O4. The van der Waals surface area contributed by atoms with E-state index < -0.39 is 6.10 Å². The van der Waals surface area contributed by atoms with Gasteiger partial charge in [0.05, 0.1) is 0 Å². The minimum absolute atomic E-state index is 0.00416. The molecule has 122 valence electrons. The fourth-order valence-corrected chi connectivity index (χ4v) is 1.74. The molecule has 1 aromatic carbocycles. The van der Waals surface area contributed by atoms with E-state index in [0.29, 0.717) is 25.3 Å². The zero-order valence-electron chi connectivity index (χ0n) is 13.1. The number of hydrogen-bond donors (Lipinski definition) is 3. The first kappa shape index (κ1) is 17.8. The van der Waals surface area contributed by atoms with E-state index in [0.717, 1.165) is 12.8 Å². The van der Waals surface area contributed by atoms with Crippen LogP contribution in [0, 0.1) is 0 Å². The summed E-state index contributed by atoms with van der Waals surface area (Å²) in [6.45, 7) is 4.44. The third-order valence-electron chi connectivity index (χ3n) is 3.02. The molecule has 3 N–H and O–H groups in total. The Morgan fingerprint density at radius 3 is 2.45 bits per heavy atom. The van der Waals surface area contributed by atoms with Gasteiger partial charge >= 0.3 is 0 Å². The number of rotatable bonds is 9. The van der Waals surface area contributed by atoms with Crippen LogP contribution < -0.4 is 15.4 Å². The average molecular weight is 308 g/mol. The van der Waals surface area contributed by atoms with Gasteiger partial charge in [-0.2, -0.15) is 0 Å². The van der Waals surface area contributed by atoms with Crippen LogP contribution in [0.1, 0.15) is 33.1 Å². The molecule has 0 spiro atoms. The van der Waals surface area contributed by atoms with E-state index >= 15 is 0 Å². The number of unbranched alkanes of at least 4 members (excludes halogenated alkanes) is 1. The van der Waals surface area contributed by atoms with Crippen molar-refractivity contribution >= 4 is 11.8 Å². The molecule has 0 aliphatic heterocycles. The van der Waals surface area contributed by atoms with Gasteiger partial charge in [-0.3, -0.25) is 9.59 Å². The molecule has 6 heteroatoms. The number of phenols is 1. The third kappa shape index (κ3) is 6.97. The summed E-state index contributed by atoms with van der Waals surface area (Å²) in [7, 11) is 0. The number of ether oxygens (including phenoxy) is 1. The van der Waals surface area contributed by atoms with Crippen molar-refractivity contribution in [3.05, 3.63) is 24.3 Å². The standard InChI is InChI=1S/C16H24N2O4/c1-3-4-5-15(20)17-10-11-18-16(21)12(2)22-14-8-6-13(19)7-9-14/h6-9,12,19H,3-5,10-11H2,1-2H3,(H,17,20)(H,18,21). The summed E-state index contributed by atoms with van der Waals surface area (Å²) in [6.07, 6.45) is 1.72. The second kappa shape index (κ2) is 9.65. The second-order valence-electron chi connectivity index (χ2n) is 5.00. The molecule has 1 unspecified atom stereocenters. The van der Waals surface area contributed by atoms with Crippen molar-refractivity contribution in [1.82, 2.24) is 10.6 Å². The van der Waals surface area contributed by atoms with E-state index in [1.54, 1.807) is 19.1 Å². The van der Waals surface area contributed by atoms with Crippen LogP contribution in [0.4, 0.5) is 0 Å². The van der Waals surface area contributed by atoms with Crippen LogP contribution >= 0.6 is 0 Å². The highest BCUT2D eigenvalue weighted by atomic mass is 16.5. The second-order valence-corrected chi connectivity index (χ2v) is 5.00. The first-order valence-corrected chi connectivity index (χ1v) is 7.53. The molecule has 0 saturated carbocycles. The Hall–Kier alpha value is -2.24. The summed E-state index contributed by atoms with van der Waals surface area (Å²) in [5.41, 5.74) is 0. The van der Waals surface area contributed by atoms with Crippen LogP contribution in [0.25, 0.3) is 0 Å². The van der Waals surface area contributed by atoms with E-state index in [1.165, 1.54) is 12.1 Å². The molecule has 0 bridgehead atoms. The Morgan fingerprint density at radius 1 is 1.18 bits per heavy atom. The van der Waals surface area contributed by atoms with Gasteiger partial charge in [0, 0.05) is 19.5 Å². The SMILES string of the molecule is CCCCC(=O)NCCNC(=O)C(C)Oc1ccc(O)cc1. The summed E-state index contributed by atoms with van der Waals surface area (Å²) < 4.78 is 5.45. The van der Waals surface area contributed by atoms with Gasteiger partial charge in [0.1, 0.15) is 11.5 Å². The summed E-state index contributed by atoms with van der Waals surface area (Å²) >= 11 is 0. The van der Waals surface area contributed by atoms with Crippen molar-refractivity contribution in [2.45, 2.75) is 39.2 Å². The fraction of sp³-hybridized carbons (Fsp3) is 0.500. The summed E-state index contributed by atoms with van der Waals surface area (Å²) in [6, 6.07) is 6.16. The van der Waals surface area contributed by atoms with Crippen LogP contribution in [0.2, 0.25) is 0 Å². The van der Waals surface area contributed by atoms with E-state index in [4.69, 9.17) is 4.74 Å². The van der Waals surface area contributed by atoms with Gasteiger partial charge in [-0.1, -0.05) is 13.3 Å². The van der Waals surface area contributed by atoms with Crippen LogP contribution in [-0.2, 0) is 9.59 Å². The highest BCUT2D eigenvalue weighted by molar-refractivity contribution is 5.80. The zero-order chi connectivity index (χ0) is 16.4. The largest absolute Gasteiger partial charge is 0.508 e. The average Bonchev–Trinajstić information content (AvgIpc) is 2.51. The van der Waals surface area contributed by atoms with Crippen molar-refractivity contribution in [1.29, 1.82) is 0 Å². The quantitative estimate of drug-likeness (QED) is 0.604. The lowest BCUT2D eigenvalue weighted by molar-refractivity contribution is -0.127. The van der Waals surface area contributed by atoms with Crippen LogP contribution in [0.3, 0.4) is 0 Å². The van der Waals surface area contributed by atoms with Gasteiger partial charge in [0.15, 0.2) is 6.10 Å². The molecule has 0 radical (unpaired) electrons. The van der Waals surface area contributed by atoms with E-state index in [9.17, 15) is 14.7 Å². The number of phenolic OH excluding ortho intramolecular Hbond substituents is 1. The van der Waals surface area contributed by atoms with E-state index in [1.807, 2.05) is 6.92 Å². The highest BCUT2D eigenvalue weighted by Gasteiger charge is 2.14. The Kier molecular flexibility index (Phi) is 7.81. The predicted molar refractivity (Wildman–Crippen MR) is 83.7 cm³/mol. The van der Waals surface area contributed by atoms with E-state index in [-0.39, 0.29) is 17.6 Å². The Labute approximate surface area is 130 Å². The van der Waals surface area contributed by atoms with Crippen molar-refractivity contribution in [3.8, 4) is 11.5 Å². The van der Waals surface area contributed by atoms with Crippen molar-refractivity contribution < 1.29 is 19.4 Å². The topological polar surface area (TPSA) is 87.7 Å². The lowest BCUT2D eigenvalue weighted by Gasteiger charge is -2.15. The monoisotopic (exact) mass is 308 g/mol. The molecule has 0 fully saturated rings. The van der Waals surface area contributed by atoms with Crippen molar-refractivity contribution in [2.75, 3.05) is 13.1 Å². The number of amides is 2. The molecule has 2 amide bonds. The van der Waals surface area contributed by atoms with Crippen LogP contribution in [0.5, 0.6) is 11.5 Å².